The number of nitrogens with zero attached hydrogens (tertiary/aromatic N) is 1. The number of ether oxygens (including phenoxy) is 2. The van der Waals surface area contributed by atoms with Gasteiger partial charge in [0.25, 0.3) is 5.91 Å². The van der Waals surface area contributed by atoms with Gasteiger partial charge >= 0.3 is 6.09 Å². The van der Waals surface area contributed by atoms with Crippen LogP contribution in [0, 0.1) is 0 Å². The third kappa shape index (κ3) is 3.01. The summed E-state index contributed by atoms with van der Waals surface area (Å²) in [6.07, 6.45) is 0.897. The Hall–Kier alpha value is -3.08. The molecule has 1 unspecified atom stereocenters. The van der Waals surface area contributed by atoms with Crippen LogP contribution in [0.4, 0.5) is 4.79 Å². The maximum atomic E-state index is 12.5. The number of methoxy groups -OCH3 is 1. The van der Waals surface area contributed by atoms with Crippen molar-refractivity contribution in [3.8, 4) is 5.75 Å². The fourth-order valence-corrected chi connectivity index (χ4v) is 2.55. The SMILES string of the molecule is COc1ccc(/C=C2\OC(=O)N(C(C)c3ccccc3)C2=O)cc1. The van der Waals surface area contributed by atoms with Crippen LogP contribution < -0.4 is 4.74 Å². The molecule has 1 heterocycles. The van der Waals surface area contributed by atoms with Crippen LogP contribution in [0.3, 0.4) is 0 Å². The fraction of sp³-hybridized carbons (Fsp3) is 0.158. The zero-order valence-corrected chi connectivity index (χ0v) is 13.4. The molecule has 0 N–H and O–H groups in total. The average molecular weight is 323 g/mol. The molecule has 1 atom stereocenters. The maximum Gasteiger partial charge on any atom is 0.423 e. The topological polar surface area (TPSA) is 55.8 Å². The number of hydrogen-bond acceptors (Lipinski definition) is 4. The lowest BCUT2D eigenvalue weighted by molar-refractivity contribution is -0.124. The highest BCUT2D eigenvalue weighted by molar-refractivity contribution is 6.10. The predicted molar refractivity (Wildman–Crippen MR) is 89.2 cm³/mol. The molecule has 1 saturated heterocycles. The van der Waals surface area contributed by atoms with E-state index in [-0.39, 0.29) is 5.76 Å². The van der Waals surface area contributed by atoms with Crippen LogP contribution in [0.25, 0.3) is 6.08 Å². The molecular formula is C19H17NO4. The number of imide groups is 1. The molecular weight excluding hydrogens is 306 g/mol. The monoisotopic (exact) mass is 323 g/mol. The van der Waals surface area contributed by atoms with Crippen molar-refractivity contribution in [2.24, 2.45) is 0 Å². The highest BCUT2D eigenvalue weighted by Gasteiger charge is 2.40. The molecule has 2 aromatic rings. The van der Waals surface area contributed by atoms with E-state index in [1.807, 2.05) is 30.3 Å². The van der Waals surface area contributed by atoms with E-state index in [0.29, 0.717) is 5.75 Å². The van der Waals surface area contributed by atoms with Crippen LogP contribution in [-0.2, 0) is 9.53 Å². The van der Waals surface area contributed by atoms with Gasteiger partial charge < -0.3 is 9.47 Å². The summed E-state index contributed by atoms with van der Waals surface area (Å²) < 4.78 is 10.3. The van der Waals surface area contributed by atoms with Crippen LogP contribution in [-0.4, -0.2) is 24.0 Å². The molecule has 1 aliphatic rings. The Balaban J connectivity index is 1.84. The zero-order valence-electron chi connectivity index (χ0n) is 13.4. The van der Waals surface area contributed by atoms with Gasteiger partial charge in [0, 0.05) is 0 Å². The molecule has 3 rings (SSSR count). The van der Waals surface area contributed by atoms with Gasteiger partial charge in [-0.3, -0.25) is 4.79 Å². The lowest BCUT2D eigenvalue weighted by Crippen LogP contribution is -2.31. The van der Waals surface area contributed by atoms with Gasteiger partial charge in [-0.2, -0.15) is 0 Å². The van der Waals surface area contributed by atoms with Gasteiger partial charge in [-0.1, -0.05) is 42.5 Å². The first-order valence-corrected chi connectivity index (χ1v) is 7.56. The quantitative estimate of drug-likeness (QED) is 0.804. The standard InChI is InChI=1S/C19H17NO4/c1-13(15-6-4-3-5-7-15)20-18(21)17(24-19(20)22)12-14-8-10-16(23-2)11-9-14/h3-13H,1-2H3/b17-12-. The molecule has 0 bridgehead atoms. The van der Waals surface area contributed by atoms with Gasteiger partial charge in [-0.25, -0.2) is 9.69 Å². The van der Waals surface area contributed by atoms with E-state index in [9.17, 15) is 9.59 Å². The minimum absolute atomic E-state index is 0.0212. The number of hydrogen-bond donors (Lipinski definition) is 0. The molecule has 122 valence electrons. The summed E-state index contributed by atoms with van der Waals surface area (Å²) in [5, 5.41) is 0. The molecule has 2 aromatic carbocycles. The van der Waals surface area contributed by atoms with E-state index < -0.39 is 18.0 Å². The van der Waals surface area contributed by atoms with Crippen molar-refractivity contribution in [3.63, 3.8) is 0 Å². The molecule has 1 fully saturated rings. The summed E-state index contributed by atoms with van der Waals surface area (Å²) >= 11 is 0. The Kier molecular flexibility index (Phi) is 4.33. The lowest BCUT2D eigenvalue weighted by Gasteiger charge is -2.19. The van der Waals surface area contributed by atoms with Gasteiger partial charge in [-0.05, 0) is 36.3 Å². The molecule has 0 saturated carbocycles. The largest absolute Gasteiger partial charge is 0.497 e. The van der Waals surface area contributed by atoms with Gasteiger partial charge in [0.05, 0.1) is 13.2 Å². The Morgan fingerprint density at radius 1 is 1.04 bits per heavy atom. The summed E-state index contributed by atoms with van der Waals surface area (Å²) in [5.41, 5.74) is 1.62. The van der Waals surface area contributed by atoms with E-state index in [1.54, 1.807) is 44.4 Å². The summed E-state index contributed by atoms with van der Waals surface area (Å²) in [7, 11) is 1.58. The number of benzene rings is 2. The van der Waals surface area contributed by atoms with Crippen molar-refractivity contribution in [3.05, 3.63) is 71.5 Å². The Morgan fingerprint density at radius 2 is 1.71 bits per heavy atom. The number of carbonyl (C=O) groups excluding carboxylic acids is 2. The summed E-state index contributed by atoms with van der Waals surface area (Å²) in [5.74, 6) is 0.298. The first-order valence-electron chi connectivity index (χ1n) is 7.56. The van der Waals surface area contributed by atoms with Crippen LogP contribution in [0.1, 0.15) is 24.1 Å². The van der Waals surface area contributed by atoms with Crippen molar-refractivity contribution < 1.29 is 19.1 Å². The second-order valence-electron chi connectivity index (χ2n) is 5.41. The molecule has 2 amide bonds. The normalized spacial score (nSPS) is 17.1. The molecule has 1 aliphatic heterocycles. The van der Waals surface area contributed by atoms with Gasteiger partial charge in [0.2, 0.25) is 0 Å². The molecule has 5 heteroatoms. The summed E-state index contributed by atoms with van der Waals surface area (Å²) in [4.78, 5) is 25.8. The molecule has 5 nitrogen and oxygen atoms in total. The molecule has 0 spiro atoms. The Bertz CT molecular complexity index is 781. The van der Waals surface area contributed by atoms with Crippen molar-refractivity contribution >= 4 is 18.1 Å². The number of carbonyl (C=O) groups is 2. The van der Waals surface area contributed by atoms with Crippen molar-refractivity contribution in [2.45, 2.75) is 13.0 Å². The zero-order chi connectivity index (χ0) is 17.1. The minimum atomic E-state index is -0.656. The highest BCUT2D eigenvalue weighted by Crippen LogP contribution is 2.29. The second-order valence-corrected chi connectivity index (χ2v) is 5.41. The van der Waals surface area contributed by atoms with E-state index >= 15 is 0 Å². The lowest BCUT2D eigenvalue weighted by atomic mass is 10.1. The smallest absolute Gasteiger partial charge is 0.423 e. The molecule has 0 radical (unpaired) electrons. The van der Waals surface area contributed by atoms with Gasteiger partial charge in [-0.15, -0.1) is 0 Å². The van der Waals surface area contributed by atoms with Crippen LogP contribution in [0.2, 0.25) is 0 Å². The molecule has 24 heavy (non-hydrogen) atoms. The third-order valence-electron chi connectivity index (χ3n) is 3.91. The number of cyclic esters (lactones) is 1. The molecule has 0 aromatic heterocycles. The van der Waals surface area contributed by atoms with E-state index in [4.69, 9.17) is 9.47 Å². The van der Waals surface area contributed by atoms with Crippen molar-refractivity contribution in [1.29, 1.82) is 0 Å². The van der Waals surface area contributed by atoms with E-state index in [2.05, 4.69) is 0 Å². The minimum Gasteiger partial charge on any atom is -0.497 e. The van der Waals surface area contributed by atoms with E-state index in [1.165, 1.54) is 0 Å². The fourth-order valence-electron chi connectivity index (χ4n) is 2.55. The van der Waals surface area contributed by atoms with Crippen molar-refractivity contribution in [1.82, 2.24) is 4.90 Å². The Labute approximate surface area is 140 Å². The first kappa shape index (κ1) is 15.8. The van der Waals surface area contributed by atoms with E-state index in [0.717, 1.165) is 16.0 Å². The predicted octanol–water partition coefficient (Wildman–Crippen LogP) is 3.78. The second kappa shape index (κ2) is 6.58. The van der Waals surface area contributed by atoms with Crippen LogP contribution >= 0.6 is 0 Å². The van der Waals surface area contributed by atoms with Gasteiger partial charge in [0.1, 0.15) is 5.75 Å². The number of amides is 2. The summed E-state index contributed by atoms with van der Waals surface area (Å²) in [6, 6.07) is 16.1. The summed E-state index contributed by atoms with van der Waals surface area (Å²) in [6.45, 7) is 1.80. The maximum absolute atomic E-state index is 12.5. The van der Waals surface area contributed by atoms with Gasteiger partial charge in [0.15, 0.2) is 5.76 Å². The Morgan fingerprint density at radius 3 is 2.33 bits per heavy atom. The van der Waals surface area contributed by atoms with Crippen molar-refractivity contribution in [2.75, 3.05) is 7.11 Å². The average Bonchev–Trinajstić information content (AvgIpc) is 2.89. The highest BCUT2D eigenvalue weighted by atomic mass is 16.6. The van der Waals surface area contributed by atoms with Crippen LogP contribution in [0.5, 0.6) is 5.75 Å². The third-order valence-corrected chi connectivity index (χ3v) is 3.91. The van der Waals surface area contributed by atoms with Crippen LogP contribution in [0.15, 0.2) is 60.4 Å². The molecule has 0 aliphatic carbocycles. The first-order chi connectivity index (χ1) is 11.6. The number of rotatable bonds is 4.